The van der Waals surface area contributed by atoms with Gasteiger partial charge in [-0.2, -0.15) is 0 Å². The van der Waals surface area contributed by atoms with E-state index in [4.69, 9.17) is 0 Å². The number of hydrogen-bond acceptors (Lipinski definition) is 2. The molecule has 1 aromatic carbocycles. The van der Waals surface area contributed by atoms with Gasteiger partial charge in [-0.15, -0.1) is 0 Å². The molecule has 0 aromatic heterocycles. The molecule has 0 radical (unpaired) electrons. The Morgan fingerprint density at radius 3 is 2.88 bits per heavy atom. The minimum absolute atomic E-state index is 0.742. The number of hydrogen-bond donors (Lipinski definition) is 1. The molecule has 94 valence electrons. The number of benzene rings is 1. The minimum Gasteiger partial charge on any atom is -0.384 e. The minimum atomic E-state index is 0.742. The van der Waals surface area contributed by atoms with Crippen molar-refractivity contribution >= 4 is 5.69 Å². The summed E-state index contributed by atoms with van der Waals surface area (Å²) in [4.78, 5) is 2.52. The van der Waals surface area contributed by atoms with E-state index >= 15 is 0 Å². The van der Waals surface area contributed by atoms with Crippen LogP contribution in [0.3, 0.4) is 0 Å². The zero-order chi connectivity index (χ0) is 12.3. The van der Waals surface area contributed by atoms with Gasteiger partial charge in [-0.3, -0.25) is 4.90 Å². The molecular weight excluding hydrogens is 208 g/mol. The molecule has 1 N–H and O–H groups in total. The van der Waals surface area contributed by atoms with Gasteiger partial charge in [0.15, 0.2) is 0 Å². The molecule has 0 unspecified atom stereocenters. The first-order valence-electron chi connectivity index (χ1n) is 6.77. The first kappa shape index (κ1) is 12.4. The maximum Gasteiger partial charge on any atom is 0.0373 e. The summed E-state index contributed by atoms with van der Waals surface area (Å²) in [7, 11) is 0. The third-order valence-electron chi connectivity index (χ3n) is 3.36. The van der Waals surface area contributed by atoms with E-state index in [1.54, 1.807) is 0 Å². The molecule has 2 rings (SSSR count). The molecule has 1 aliphatic heterocycles. The first-order chi connectivity index (χ1) is 8.19. The van der Waals surface area contributed by atoms with Gasteiger partial charge in [0.2, 0.25) is 0 Å². The van der Waals surface area contributed by atoms with Gasteiger partial charge in [0, 0.05) is 25.3 Å². The topological polar surface area (TPSA) is 15.3 Å². The second-order valence-corrected chi connectivity index (χ2v) is 5.39. The van der Waals surface area contributed by atoms with Crippen molar-refractivity contribution in [3.63, 3.8) is 0 Å². The standard InChI is InChI=1S/C15H24N2/c1-4-17(10-12(2)3)11-13-5-6-15-14(9-13)7-8-16-15/h5-6,9,12,16H,4,7-8,10-11H2,1-3H3. The molecule has 0 fully saturated rings. The van der Waals surface area contributed by atoms with E-state index in [1.165, 1.54) is 29.8 Å². The van der Waals surface area contributed by atoms with Gasteiger partial charge in [0.05, 0.1) is 0 Å². The summed E-state index contributed by atoms with van der Waals surface area (Å²) in [6.45, 7) is 11.3. The molecule has 2 nitrogen and oxygen atoms in total. The van der Waals surface area contributed by atoms with Crippen LogP contribution in [0.4, 0.5) is 5.69 Å². The van der Waals surface area contributed by atoms with Crippen molar-refractivity contribution in [1.82, 2.24) is 4.90 Å². The summed E-state index contributed by atoms with van der Waals surface area (Å²) >= 11 is 0. The fourth-order valence-electron chi connectivity index (χ4n) is 2.54. The molecule has 0 atom stereocenters. The molecular formula is C15H24N2. The van der Waals surface area contributed by atoms with Crippen molar-refractivity contribution in [2.24, 2.45) is 5.92 Å². The van der Waals surface area contributed by atoms with E-state index in [9.17, 15) is 0 Å². The third kappa shape index (κ3) is 3.22. The Balaban J connectivity index is 2.02. The molecule has 17 heavy (non-hydrogen) atoms. The summed E-state index contributed by atoms with van der Waals surface area (Å²) < 4.78 is 0. The quantitative estimate of drug-likeness (QED) is 0.839. The molecule has 1 aromatic rings. The fraction of sp³-hybridized carbons (Fsp3) is 0.600. The maximum absolute atomic E-state index is 3.41. The van der Waals surface area contributed by atoms with Gasteiger partial charge in [0.1, 0.15) is 0 Å². The van der Waals surface area contributed by atoms with Gasteiger partial charge in [-0.25, -0.2) is 0 Å². The Hall–Kier alpha value is -1.02. The second kappa shape index (κ2) is 5.54. The SMILES string of the molecule is CCN(Cc1ccc2c(c1)CCN2)CC(C)C. The lowest BCUT2D eigenvalue weighted by molar-refractivity contribution is 0.248. The number of nitrogens with one attached hydrogen (secondary N) is 1. The van der Waals surface area contributed by atoms with Crippen LogP contribution in [0.25, 0.3) is 0 Å². The number of rotatable bonds is 5. The largest absolute Gasteiger partial charge is 0.384 e. The highest BCUT2D eigenvalue weighted by Crippen LogP contribution is 2.23. The Kier molecular flexibility index (Phi) is 4.06. The summed E-state index contributed by atoms with van der Waals surface area (Å²) in [5.74, 6) is 0.742. The van der Waals surface area contributed by atoms with Crippen molar-refractivity contribution in [3.8, 4) is 0 Å². The lowest BCUT2D eigenvalue weighted by Crippen LogP contribution is -2.27. The van der Waals surface area contributed by atoms with Crippen molar-refractivity contribution in [2.45, 2.75) is 33.7 Å². The van der Waals surface area contributed by atoms with E-state index in [2.05, 4.69) is 49.2 Å². The third-order valence-corrected chi connectivity index (χ3v) is 3.36. The Morgan fingerprint density at radius 1 is 1.35 bits per heavy atom. The predicted molar refractivity (Wildman–Crippen MR) is 74.4 cm³/mol. The Morgan fingerprint density at radius 2 is 2.18 bits per heavy atom. The monoisotopic (exact) mass is 232 g/mol. The predicted octanol–water partition coefficient (Wildman–Crippen LogP) is 3.13. The van der Waals surface area contributed by atoms with Crippen LogP contribution in [-0.4, -0.2) is 24.5 Å². The average Bonchev–Trinajstić information content (AvgIpc) is 2.74. The van der Waals surface area contributed by atoms with Gasteiger partial charge in [0.25, 0.3) is 0 Å². The highest BCUT2D eigenvalue weighted by atomic mass is 15.1. The van der Waals surface area contributed by atoms with Gasteiger partial charge in [-0.1, -0.05) is 32.9 Å². The van der Waals surface area contributed by atoms with E-state index in [0.29, 0.717) is 0 Å². The highest BCUT2D eigenvalue weighted by molar-refractivity contribution is 5.56. The Labute approximate surface area is 105 Å². The lowest BCUT2D eigenvalue weighted by atomic mass is 10.1. The second-order valence-electron chi connectivity index (χ2n) is 5.39. The highest BCUT2D eigenvalue weighted by Gasteiger charge is 2.11. The molecule has 1 aliphatic rings. The van der Waals surface area contributed by atoms with Crippen LogP contribution in [0.2, 0.25) is 0 Å². The van der Waals surface area contributed by atoms with E-state index in [0.717, 1.165) is 25.6 Å². The van der Waals surface area contributed by atoms with Crippen molar-refractivity contribution in [2.75, 3.05) is 25.0 Å². The maximum atomic E-state index is 3.41. The van der Waals surface area contributed by atoms with Gasteiger partial charge in [-0.05, 0) is 36.1 Å². The number of anilines is 1. The first-order valence-corrected chi connectivity index (χ1v) is 6.77. The van der Waals surface area contributed by atoms with Crippen LogP contribution in [-0.2, 0) is 13.0 Å². The van der Waals surface area contributed by atoms with Crippen LogP contribution < -0.4 is 5.32 Å². The van der Waals surface area contributed by atoms with Crippen molar-refractivity contribution in [3.05, 3.63) is 29.3 Å². The van der Waals surface area contributed by atoms with E-state index in [-0.39, 0.29) is 0 Å². The molecule has 0 saturated carbocycles. The molecule has 1 heterocycles. The summed E-state index contributed by atoms with van der Waals surface area (Å²) in [5.41, 5.74) is 4.28. The summed E-state index contributed by atoms with van der Waals surface area (Å²) in [6, 6.07) is 6.87. The van der Waals surface area contributed by atoms with E-state index in [1.807, 2.05) is 0 Å². The Bertz CT molecular complexity index is 371. The van der Waals surface area contributed by atoms with Crippen molar-refractivity contribution < 1.29 is 0 Å². The van der Waals surface area contributed by atoms with Gasteiger partial charge >= 0.3 is 0 Å². The van der Waals surface area contributed by atoms with E-state index < -0.39 is 0 Å². The lowest BCUT2D eigenvalue weighted by Gasteiger charge is -2.22. The molecule has 0 aliphatic carbocycles. The van der Waals surface area contributed by atoms with Crippen LogP contribution in [0.15, 0.2) is 18.2 Å². The average molecular weight is 232 g/mol. The smallest absolute Gasteiger partial charge is 0.0373 e. The molecule has 2 heteroatoms. The molecule has 0 amide bonds. The van der Waals surface area contributed by atoms with Crippen LogP contribution in [0.5, 0.6) is 0 Å². The normalized spacial score (nSPS) is 14.2. The van der Waals surface area contributed by atoms with Gasteiger partial charge < -0.3 is 5.32 Å². The fourth-order valence-corrected chi connectivity index (χ4v) is 2.54. The molecule has 0 bridgehead atoms. The van der Waals surface area contributed by atoms with Crippen LogP contribution in [0.1, 0.15) is 31.9 Å². The molecule has 0 saturated heterocycles. The number of nitrogens with zero attached hydrogens (tertiary/aromatic N) is 1. The zero-order valence-electron chi connectivity index (χ0n) is 11.3. The zero-order valence-corrected chi connectivity index (χ0v) is 11.3. The number of fused-ring (bicyclic) bond motifs is 1. The summed E-state index contributed by atoms with van der Waals surface area (Å²) in [6.07, 6.45) is 1.18. The van der Waals surface area contributed by atoms with Crippen LogP contribution in [0, 0.1) is 5.92 Å². The summed E-state index contributed by atoms with van der Waals surface area (Å²) in [5, 5.41) is 3.41. The molecule has 0 spiro atoms. The van der Waals surface area contributed by atoms with Crippen LogP contribution >= 0.6 is 0 Å². The van der Waals surface area contributed by atoms with Crippen molar-refractivity contribution in [1.29, 1.82) is 0 Å².